The first kappa shape index (κ1) is 15.2. The van der Waals surface area contributed by atoms with Crippen LogP contribution in [0.5, 0.6) is 0 Å². The van der Waals surface area contributed by atoms with E-state index in [4.69, 9.17) is 0 Å². The van der Waals surface area contributed by atoms with Gasteiger partial charge in [0, 0.05) is 18.8 Å². The third-order valence-electron chi connectivity index (χ3n) is 3.18. The fourth-order valence-corrected chi connectivity index (χ4v) is 2.42. The molecule has 8 heteroatoms. The van der Waals surface area contributed by atoms with Gasteiger partial charge in [-0.3, -0.25) is 24.3 Å². The largest absolute Gasteiger partial charge is 0.348 e. The van der Waals surface area contributed by atoms with Gasteiger partial charge in [0.05, 0.1) is 27.8 Å². The highest BCUT2D eigenvalue weighted by molar-refractivity contribution is 9.10. The predicted octanol–water partition coefficient (Wildman–Crippen LogP) is 2.05. The Balaban J connectivity index is 2.46. The Morgan fingerprint density at radius 2 is 2.14 bits per heavy atom. The van der Waals surface area contributed by atoms with Gasteiger partial charge >= 0.3 is 0 Å². The first-order chi connectivity index (χ1) is 9.82. The van der Waals surface area contributed by atoms with E-state index in [1.807, 2.05) is 0 Å². The van der Waals surface area contributed by atoms with Crippen molar-refractivity contribution in [2.75, 3.05) is 0 Å². The molecular formula is C13H12BrN3O4. The van der Waals surface area contributed by atoms with Crippen LogP contribution in [0, 0.1) is 17.0 Å². The molecule has 0 amide bonds. The molecular weight excluding hydrogens is 342 g/mol. The van der Waals surface area contributed by atoms with Gasteiger partial charge in [0.1, 0.15) is 0 Å². The minimum absolute atomic E-state index is 0.0939. The number of aryl methyl sites for hydroxylation is 1. The highest BCUT2D eigenvalue weighted by Gasteiger charge is 2.20. The fourth-order valence-electron chi connectivity index (χ4n) is 1.99. The second-order valence-electron chi connectivity index (χ2n) is 4.57. The molecule has 2 aromatic rings. The molecule has 0 aromatic carbocycles. The quantitative estimate of drug-likeness (QED) is 0.478. The Bertz CT molecular complexity index is 791. The van der Waals surface area contributed by atoms with Gasteiger partial charge in [0.25, 0.3) is 11.2 Å². The van der Waals surface area contributed by atoms with E-state index < -0.39 is 10.5 Å². The molecule has 0 fully saturated rings. The van der Waals surface area contributed by atoms with Gasteiger partial charge in [-0.15, -0.1) is 0 Å². The van der Waals surface area contributed by atoms with Crippen molar-refractivity contribution in [3.8, 4) is 0 Å². The third kappa shape index (κ3) is 2.80. The van der Waals surface area contributed by atoms with Crippen molar-refractivity contribution < 1.29 is 9.72 Å². The summed E-state index contributed by atoms with van der Waals surface area (Å²) in [6.07, 6.45) is 2.81. The maximum Gasteiger partial charge on any atom is 0.289 e. The number of pyridine rings is 1. The molecule has 2 aromatic heterocycles. The van der Waals surface area contributed by atoms with Crippen molar-refractivity contribution in [3.63, 3.8) is 0 Å². The van der Waals surface area contributed by atoms with Gasteiger partial charge in [-0.2, -0.15) is 0 Å². The number of nitro groups is 1. The zero-order valence-electron chi connectivity index (χ0n) is 11.4. The van der Waals surface area contributed by atoms with E-state index in [1.54, 1.807) is 29.9 Å². The van der Waals surface area contributed by atoms with Crippen molar-refractivity contribution in [2.45, 2.75) is 13.5 Å². The number of nitrogens with zero attached hydrogens (tertiary/aromatic N) is 3. The van der Waals surface area contributed by atoms with Crippen LogP contribution in [0.4, 0.5) is 5.69 Å². The topological polar surface area (TPSA) is 87.1 Å². The number of carbonyl (C=O) groups excluding carboxylic acids is 1. The number of hydrogen-bond acceptors (Lipinski definition) is 4. The third-order valence-corrected chi connectivity index (χ3v) is 4.11. The van der Waals surface area contributed by atoms with E-state index in [0.717, 1.165) is 10.8 Å². The molecule has 0 saturated carbocycles. The zero-order chi connectivity index (χ0) is 15.7. The summed E-state index contributed by atoms with van der Waals surface area (Å²) in [5.74, 6) is -0.297. The van der Waals surface area contributed by atoms with Gasteiger partial charge in [0.2, 0.25) is 0 Å². The molecule has 0 saturated heterocycles. The van der Waals surface area contributed by atoms with Crippen molar-refractivity contribution in [1.82, 2.24) is 9.13 Å². The minimum atomic E-state index is -0.580. The Labute approximate surface area is 128 Å². The summed E-state index contributed by atoms with van der Waals surface area (Å²) in [6, 6.07) is 3.34. The molecule has 7 nitrogen and oxygen atoms in total. The zero-order valence-corrected chi connectivity index (χ0v) is 13.0. The van der Waals surface area contributed by atoms with Gasteiger partial charge in [-0.05, 0) is 35.0 Å². The number of carbonyl (C=O) groups is 1. The number of hydrogen-bond donors (Lipinski definition) is 0. The van der Waals surface area contributed by atoms with E-state index >= 15 is 0 Å². The van der Waals surface area contributed by atoms with Crippen LogP contribution in [0.15, 0.2) is 33.8 Å². The maximum absolute atomic E-state index is 12.2. The molecule has 0 unspecified atom stereocenters. The minimum Gasteiger partial charge on any atom is -0.348 e. The number of halogens is 1. The number of aromatic nitrogens is 2. The number of ketones is 1. The average molecular weight is 354 g/mol. The van der Waals surface area contributed by atoms with Gasteiger partial charge in [-0.1, -0.05) is 0 Å². The Kier molecular flexibility index (Phi) is 4.08. The summed E-state index contributed by atoms with van der Waals surface area (Å²) >= 11 is 3.05. The maximum atomic E-state index is 12.2. The normalized spacial score (nSPS) is 10.6. The van der Waals surface area contributed by atoms with E-state index in [0.29, 0.717) is 5.69 Å². The fraction of sp³-hybridized carbons (Fsp3) is 0.231. The molecule has 110 valence electrons. The van der Waals surface area contributed by atoms with Gasteiger partial charge in [0.15, 0.2) is 5.78 Å². The average Bonchev–Trinajstić information content (AvgIpc) is 2.85. The highest BCUT2D eigenvalue weighted by Crippen LogP contribution is 2.22. The molecule has 0 radical (unpaired) electrons. The first-order valence-corrected chi connectivity index (χ1v) is 6.80. The lowest BCUT2D eigenvalue weighted by molar-refractivity contribution is -0.386. The van der Waals surface area contributed by atoms with Crippen molar-refractivity contribution in [2.24, 2.45) is 7.05 Å². The SMILES string of the molecule is Cc1c([N+](=O)[O-])cn(CC(=O)c2cccn2C)c(=O)c1Br. The van der Waals surface area contributed by atoms with Crippen LogP contribution >= 0.6 is 15.9 Å². The van der Waals surface area contributed by atoms with Crippen LogP contribution in [0.2, 0.25) is 0 Å². The Hall–Kier alpha value is -2.22. The van der Waals surface area contributed by atoms with Crippen molar-refractivity contribution >= 4 is 27.4 Å². The molecule has 0 aliphatic heterocycles. The molecule has 0 aliphatic rings. The number of rotatable bonds is 4. The summed E-state index contributed by atoms with van der Waals surface area (Å²) in [5.41, 5.74) is -0.00404. The smallest absolute Gasteiger partial charge is 0.289 e. The van der Waals surface area contributed by atoms with Crippen molar-refractivity contribution in [1.29, 1.82) is 0 Å². The molecule has 0 bridgehead atoms. The summed E-state index contributed by atoms with van der Waals surface area (Å²) in [6.45, 7) is 1.23. The van der Waals surface area contributed by atoms with Crippen LogP contribution in [-0.4, -0.2) is 19.8 Å². The van der Waals surface area contributed by atoms with E-state index in [1.165, 1.54) is 6.92 Å². The lowest BCUT2D eigenvalue weighted by Crippen LogP contribution is -2.26. The van der Waals surface area contributed by atoms with Crippen LogP contribution in [0.25, 0.3) is 0 Å². The van der Waals surface area contributed by atoms with Crippen LogP contribution in [0.1, 0.15) is 16.1 Å². The monoisotopic (exact) mass is 353 g/mol. The second-order valence-corrected chi connectivity index (χ2v) is 5.36. The summed E-state index contributed by atoms with van der Waals surface area (Å²) in [5, 5.41) is 11.0. The Morgan fingerprint density at radius 1 is 1.48 bits per heavy atom. The molecule has 0 atom stereocenters. The van der Waals surface area contributed by atoms with Crippen molar-refractivity contribution in [3.05, 3.63) is 60.7 Å². The Morgan fingerprint density at radius 3 is 2.67 bits per heavy atom. The summed E-state index contributed by atoms with van der Waals surface area (Å²) < 4.78 is 2.77. The van der Waals surface area contributed by atoms with Crippen LogP contribution < -0.4 is 5.56 Å². The molecule has 2 heterocycles. The van der Waals surface area contributed by atoms with Crippen LogP contribution in [0.3, 0.4) is 0 Å². The summed E-state index contributed by atoms with van der Waals surface area (Å²) in [4.78, 5) is 34.7. The molecule has 0 spiro atoms. The van der Waals surface area contributed by atoms with Gasteiger partial charge in [-0.25, -0.2) is 0 Å². The second kappa shape index (κ2) is 5.65. The first-order valence-electron chi connectivity index (χ1n) is 6.01. The highest BCUT2D eigenvalue weighted by atomic mass is 79.9. The molecule has 0 aliphatic carbocycles. The van der Waals surface area contributed by atoms with Gasteiger partial charge < -0.3 is 4.57 Å². The van der Waals surface area contributed by atoms with E-state index in [9.17, 15) is 19.7 Å². The standard InChI is InChI=1S/C13H12BrN3O4/c1-8-10(17(20)21)6-16(13(19)12(8)14)7-11(18)9-4-3-5-15(9)2/h3-6H,7H2,1-2H3. The lowest BCUT2D eigenvalue weighted by atomic mass is 10.2. The lowest BCUT2D eigenvalue weighted by Gasteiger charge is -2.08. The van der Waals surface area contributed by atoms with Crippen LogP contribution in [-0.2, 0) is 13.6 Å². The molecule has 21 heavy (non-hydrogen) atoms. The predicted molar refractivity (Wildman–Crippen MR) is 79.5 cm³/mol. The summed E-state index contributed by atoms with van der Waals surface area (Å²) in [7, 11) is 1.71. The molecule has 0 N–H and O–H groups in total. The number of Topliss-reactive ketones (excluding diaryl/α,β-unsaturated/α-hetero) is 1. The van der Waals surface area contributed by atoms with E-state index in [2.05, 4.69) is 15.9 Å². The van der Waals surface area contributed by atoms with E-state index in [-0.39, 0.29) is 28.1 Å². The molecule has 2 rings (SSSR count).